The fourth-order valence-electron chi connectivity index (χ4n) is 1.25. The van der Waals surface area contributed by atoms with Crippen LogP contribution in [0, 0.1) is 6.20 Å². The van der Waals surface area contributed by atoms with E-state index in [1.54, 1.807) is 0 Å². The van der Waals surface area contributed by atoms with Crippen LogP contribution in [0.25, 0.3) is 17.0 Å². The third-order valence-corrected chi connectivity index (χ3v) is 1.91. The Bertz CT molecular complexity index is 463. The summed E-state index contributed by atoms with van der Waals surface area (Å²) in [6.07, 6.45) is 8.27. The highest BCUT2D eigenvalue weighted by atomic mass is 14.8. The zero-order valence-electron chi connectivity index (χ0n) is 7.64. The lowest BCUT2D eigenvalue weighted by Crippen LogP contribution is -1.91. The lowest BCUT2D eigenvalue weighted by Gasteiger charge is -1.96. The first-order valence-corrected chi connectivity index (χ1v) is 4.39. The summed E-state index contributed by atoms with van der Waals surface area (Å²) in [7, 11) is 0. The van der Waals surface area contributed by atoms with Crippen molar-refractivity contribution < 1.29 is 0 Å². The monoisotopic (exact) mass is 184 g/mol. The summed E-state index contributed by atoms with van der Waals surface area (Å²) in [5, 5.41) is 0.923. The van der Waals surface area contributed by atoms with Gasteiger partial charge in [0.15, 0.2) is 0 Å². The molecule has 3 heteroatoms. The molecule has 2 rings (SSSR count). The van der Waals surface area contributed by atoms with E-state index in [9.17, 15) is 0 Å². The summed E-state index contributed by atoms with van der Waals surface area (Å²) < 4.78 is 0. The summed E-state index contributed by atoms with van der Waals surface area (Å²) in [6, 6.07) is 5.93. The first-order chi connectivity index (χ1) is 6.90. The Kier molecular flexibility index (Phi) is 2.51. The fraction of sp³-hybridized carbons (Fsp3) is 0.0909. The van der Waals surface area contributed by atoms with E-state index < -0.39 is 0 Å². The van der Waals surface area contributed by atoms with Crippen molar-refractivity contribution in [2.75, 3.05) is 6.54 Å². The number of nitrogens with two attached hydrogens (primary N) is 1. The summed E-state index contributed by atoms with van der Waals surface area (Å²) in [5.74, 6) is 0. The van der Waals surface area contributed by atoms with Crippen LogP contribution in [0.5, 0.6) is 0 Å². The molecule has 14 heavy (non-hydrogen) atoms. The molecule has 0 fully saturated rings. The van der Waals surface area contributed by atoms with Gasteiger partial charge in [-0.3, -0.25) is 0 Å². The number of benzene rings is 1. The molecule has 0 amide bonds. The molecule has 0 aliphatic heterocycles. The average molecular weight is 184 g/mol. The van der Waals surface area contributed by atoms with E-state index >= 15 is 0 Å². The smallest absolute Gasteiger partial charge is 0.116 e. The van der Waals surface area contributed by atoms with E-state index in [0.717, 1.165) is 16.5 Å². The molecular weight excluding hydrogens is 174 g/mol. The predicted molar refractivity (Wildman–Crippen MR) is 56.5 cm³/mol. The number of hydrogen-bond donors (Lipinski definition) is 1. The molecule has 0 unspecified atom stereocenters. The third-order valence-electron chi connectivity index (χ3n) is 1.91. The van der Waals surface area contributed by atoms with Crippen molar-refractivity contribution >= 4 is 17.0 Å². The van der Waals surface area contributed by atoms with Crippen molar-refractivity contribution in [3.63, 3.8) is 0 Å². The van der Waals surface area contributed by atoms with Gasteiger partial charge in [0.05, 0.1) is 5.52 Å². The van der Waals surface area contributed by atoms with E-state index in [-0.39, 0.29) is 0 Å². The van der Waals surface area contributed by atoms with Gasteiger partial charge >= 0.3 is 0 Å². The molecule has 1 aromatic heterocycles. The van der Waals surface area contributed by atoms with E-state index in [2.05, 4.69) is 16.2 Å². The Morgan fingerprint density at radius 2 is 2.36 bits per heavy atom. The van der Waals surface area contributed by atoms with Gasteiger partial charge in [0.1, 0.15) is 12.5 Å². The van der Waals surface area contributed by atoms with E-state index in [1.807, 2.05) is 30.4 Å². The number of hydrogen-bond acceptors (Lipinski definition) is 3. The number of fused-ring (bicyclic) bond motifs is 1. The van der Waals surface area contributed by atoms with Gasteiger partial charge in [0.2, 0.25) is 0 Å². The molecule has 0 aliphatic rings. The molecule has 0 spiro atoms. The standard InChI is InChI=1S/C11H10N3/c12-5-1-2-9-3-4-11-10(6-9)7-13-8-14-11/h1-4,6,8H,5,12H2/b2-1+. The Balaban J connectivity index is 2.46. The Hall–Kier alpha value is -1.74. The third kappa shape index (κ3) is 1.78. The second kappa shape index (κ2) is 3.98. The van der Waals surface area contributed by atoms with Crippen LogP contribution in [-0.4, -0.2) is 16.5 Å². The van der Waals surface area contributed by atoms with Gasteiger partial charge in [-0.2, -0.15) is 0 Å². The van der Waals surface area contributed by atoms with Crippen molar-refractivity contribution in [3.8, 4) is 0 Å². The molecule has 0 atom stereocenters. The topological polar surface area (TPSA) is 51.8 Å². The fourth-order valence-corrected chi connectivity index (χ4v) is 1.25. The molecule has 3 nitrogen and oxygen atoms in total. The van der Waals surface area contributed by atoms with Crippen molar-refractivity contribution in [2.24, 2.45) is 5.73 Å². The highest BCUT2D eigenvalue weighted by Crippen LogP contribution is 2.12. The molecule has 69 valence electrons. The lowest BCUT2D eigenvalue weighted by atomic mass is 10.1. The maximum atomic E-state index is 5.37. The van der Waals surface area contributed by atoms with Crippen LogP contribution >= 0.6 is 0 Å². The van der Waals surface area contributed by atoms with Gasteiger partial charge in [0.25, 0.3) is 0 Å². The van der Waals surface area contributed by atoms with E-state index in [1.165, 1.54) is 6.33 Å². The maximum absolute atomic E-state index is 5.37. The van der Waals surface area contributed by atoms with Crippen molar-refractivity contribution in [2.45, 2.75) is 0 Å². The largest absolute Gasteiger partial charge is 0.327 e. The molecule has 0 saturated heterocycles. The van der Waals surface area contributed by atoms with Gasteiger partial charge in [0, 0.05) is 11.9 Å². The van der Waals surface area contributed by atoms with Crippen molar-refractivity contribution in [1.29, 1.82) is 0 Å². The Morgan fingerprint density at radius 1 is 1.43 bits per heavy atom. The molecule has 0 aliphatic carbocycles. The highest BCUT2D eigenvalue weighted by Gasteiger charge is 1.94. The summed E-state index contributed by atoms with van der Waals surface area (Å²) >= 11 is 0. The zero-order chi connectivity index (χ0) is 9.80. The highest BCUT2D eigenvalue weighted by molar-refractivity contribution is 5.79. The van der Waals surface area contributed by atoms with Crippen LogP contribution in [-0.2, 0) is 0 Å². The predicted octanol–water partition coefficient (Wildman–Crippen LogP) is 1.40. The molecular formula is C11H10N3. The Morgan fingerprint density at radius 3 is 3.21 bits per heavy atom. The molecule has 1 aromatic carbocycles. The summed E-state index contributed by atoms with van der Waals surface area (Å²) in [6.45, 7) is 0.549. The minimum absolute atomic E-state index is 0.549. The van der Waals surface area contributed by atoms with Crippen molar-refractivity contribution in [1.82, 2.24) is 9.97 Å². The zero-order valence-corrected chi connectivity index (χ0v) is 7.64. The summed E-state index contributed by atoms with van der Waals surface area (Å²) in [5.41, 5.74) is 7.37. The SMILES string of the molecule is NC/C=C/c1ccc2ncn[c]c2c1. The quantitative estimate of drug-likeness (QED) is 0.767. The minimum atomic E-state index is 0.549. The van der Waals surface area contributed by atoms with Gasteiger partial charge in [-0.15, -0.1) is 0 Å². The van der Waals surface area contributed by atoms with Crippen LogP contribution in [0.3, 0.4) is 0 Å². The number of aromatic nitrogens is 2. The first kappa shape index (κ1) is 8.84. The molecule has 1 heterocycles. The first-order valence-electron chi connectivity index (χ1n) is 4.39. The molecule has 1 radical (unpaired) electrons. The lowest BCUT2D eigenvalue weighted by molar-refractivity contribution is 1.21. The normalized spacial score (nSPS) is 11.2. The van der Waals surface area contributed by atoms with Crippen LogP contribution in [0.4, 0.5) is 0 Å². The van der Waals surface area contributed by atoms with Crippen LogP contribution in [0.2, 0.25) is 0 Å². The van der Waals surface area contributed by atoms with Crippen LogP contribution in [0.15, 0.2) is 30.6 Å². The number of nitrogens with zero attached hydrogens (tertiary/aromatic N) is 2. The molecule has 0 saturated carbocycles. The van der Waals surface area contributed by atoms with E-state index in [4.69, 9.17) is 5.73 Å². The van der Waals surface area contributed by atoms with Gasteiger partial charge < -0.3 is 5.73 Å². The van der Waals surface area contributed by atoms with Crippen molar-refractivity contribution in [3.05, 3.63) is 42.4 Å². The van der Waals surface area contributed by atoms with Crippen LogP contribution < -0.4 is 5.73 Å². The van der Waals surface area contributed by atoms with Gasteiger partial charge in [-0.25, -0.2) is 9.97 Å². The minimum Gasteiger partial charge on any atom is -0.327 e. The second-order valence-electron chi connectivity index (χ2n) is 2.90. The number of rotatable bonds is 2. The molecule has 2 aromatic rings. The molecule has 2 N–H and O–H groups in total. The molecule has 0 bridgehead atoms. The van der Waals surface area contributed by atoms with Crippen LogP contribution in [0.1, 0.15) is 5.56 Å². The Labute approximate surface area is 82.3 Å². The van der Waals surface area contributed by atoms with Gasteiger partial charge in [-0.1, -0.05) is 18.2 Å². The van der Waals surface area contributed by atoms with Gasteiger partial charge in [-0.05, 0) is 17.7 Å². The second-order valence-corrected chi connectivity index (χ2v) is 2.90. The summed E-state index contributed by atoms with van der Waals surface area (Å²) in [4.78, 5) is 7.96. The van der Waals surface area contributed by atoms with E-state index in [0.29, 0.717) is 6.54 Å². The average Bonchev–Trinajstić information content (AvgIpc) is 2.26. The maximum Gasteiger partial charge on any atom is 0.116 e.